The number of rotatable bonds is 3. The minimum Gasteiger partial charge on any atom is -0.474 e. The van der Waals surface area contributed by atoms with Gasteiger partial charge in [-0.1, -0.05) is 48.5 Å². The first-order valence-corrected chi connectivity index (χ1v) is 8.49. The fraction of sp³-hybridized carbons (Fsp3) is 0.143. The molecule has 0 saturated carbocycles. The Morgan fingerprint density at radius 3 is 2.72 bits per heavy atom. The number of pyridine rings is 1. The van der Waals surface area contributed by atoms with E-state index in [9.17, 15) is 0 Å². The molecule has 1 aliphatic heterocycles. The minimum absolute atomic E-state index is 0.138. The molecule has 25 heavy (non-hydrogen) atoms. The highest BCUT2D eigenvalue weighted by molar-refractivity contribution is 6.14. The number of hydrogen-bond donors (Lipinski definition) is 1. The van der Waals surface area contributed by atoms with Crippen LogP contribution in [0.1, 0.15) is 11.3 Å². The zero-order chi connectivity index (χ0) is 16.6. The molecule has 5 rings (SSSR count). The normalized spacial score (nSPS) is 17.0. The van der Waals surface area contributed by atoms with Crippen LogP contribution in [0.25, 0.3) is 21.8 Å². The predicted molar refractivity (Wildman–Crippen MR) is 100 cm³/mol. The molecule has 122 valence electrons. The van der Waals surface area contributed by atoms with Crippen molar-refractivity contribution < 1.29 is 4.74 Å². The van der Waals surface area contributed by atoms with Crippen LogP contribution in [0, 0.1) is 0 Å². The van der Waals surface area contributed by atoms with Gasteiger partial charge in [-0.05, 0) is 24.1 Å². The molecule has 0 amide bonds. The Morgan fingerprint density at radius 2 is 1.80 bits per heavy atom. The van der Waals surface area contributed by atoms with Crippen molar-refractivity contribution in [3.05, 3.63) is 78.1 Å². The highest BCUT2D eigenvalue weighted by atomic mass is 16.5. The van der Waals surface area contributed by atoms with Crippen molar-refractivity contribution in [3.63, 3.8) is 0 Å². The van der Waals surface area contributed by atoms with Crippen LogP contribution in [0.5, 0.6) is 0 Å². The average Bonchev–Trinajstić information content (AvgIpc) is 3.27. The lowest BCUT2D eigenvalue weighted by Crippen LogP contribution is -2.09. The number of H-pyrrole nitrogens is 1. The van der Waals surface area contributed by atoms with Crippen molar-refractivity contribution in [1.29, 1.82) is 0 Å². The fourth-order valence-electron chi connectivity index (χ4n) is 3.47. The zero-order valence-corrected chi connectivity index (χ0v) is 13.6. The molecule has 0 aliphatic carbocycles. The van der Waals surface area contributed by atoms with Crippen LogP contribution < -0.4 is 0 Å². The van der Waals surface area contributed by atoms with E-state index in [4.69, 9.17) is 9.73 Å². The lowest BCUT2D eigenvalue weighted by atomic mass is 10.1. The smallest absolute Gasteiger partial charge is 0.237 e. The van der Waals surface area contributed by atoms with Crippen molar-refractivity contribution >= 4 is 27.7 Å². The van der Waals surface area contributed by atoms with Crippen LogP contribution in [-0.4, -0.2) is 28.5 Å². The zero-order valence-electron chi connectivity index (χ0n) is 13.6. The summed E-state index contributed by atoms with van der Waals surface area (Å²) in [5.74, 6) is 0.637. The Hall–Kier alpha value is -3.14. The van der Waals surface area contributed by atoms with Crippen molar-refractivity contribution in [2.24, 2.45) is 4.99 Å². The number of aromatic amines is 1. The van der Waals surface area contributed by atoms with Crippen LogP contribution in [0.3, 0.4) is 0 Å². The summed E-state index contributed by atoms with van der Waals surface area (Å²) in [7, 11) is 0. The number of nitrogens with one attached hydrogen (secondary N) is 1. The largest absolute Gasteiger partial charge is 0.474 e. The maximum atomic E-state index is 5.90. The highest BCUT2D eigenvalue weighted by Gasteiger charge is 2.23. The Labute approximate surface area is 145 Å². The predicted octanol–water partition coefficient (Wildman–Crippen LogP) is 4.10. The van der Waals surface area contributed by atoms with Gasteiger partial charge in [-0.2, -0.15) is 0 Å². The van der Waals surface area contributed by atoms with Gasteiger partial charge in [-0.15, -0.1) is 0 Å². The van der Waals surface area contributed by atoms with E-state index in [-0.39, 0.29) is 6.04 Å². The van der Waals surface area contributed by atoms with Crippen molar-refractivity contribution in [2.75, 3.05) is 6.61 Å². The molecule has 1 aliphatic rings. The van der Waals surface area contributed by atoms with Gasteiger partial charge < -0.3 is 9.72 Å². The number of hydrogen-bond acceptors (Lipinski definition) is 3. The van der Waals surface area contributed by atoms with E-state index < -0.39 is 0 Å². The van der Waals surface area contributed by atoms with Gasteiger partial charge in [0.15, 0.2) is 0 Å². The van der Waals surface area contributed by atoms with E-state index in [0.29, 0.717) is 12.5 Å². The van der Waals surface area contributed by atoms with Crippen LogP contribution in [-0.2, 0) is 11.2 Å². The Balaban J connectivity index is 1.54. The van der Waals surface area contributed by atoms with Crippen LogP contribution in [0.15, 0.2) is 71.9 Å². The number of aliphatic imine (C=N–C) groups is 1. The molecule has 1 N–H and O–H groups in total. The van der Waals surface area contributed by atoms with E-state index >= 15 is 0 Å². The number of aromatic nitrogens is 2. The number of nitrogens with zero attached hydrogens (tertiary/aromatic N) is 2. The molecule has 2 aromatic heterocycles. The van der Waals surface area contributed by atoms with Gasteiger partial charge in [0.1, 0.15) is 12.3 Å². The summed E-state index contributed by atoms with van der Waals surface area (Å²) < 4.78 is 5.90. The molecule has 0 radical (unpaired) electrons. The lowest BCUT2D eigenvalue weighted by molar-refractivity contribution is 0.316. The van der Waals surface area contributed by atoms with Crippen molar-refractivity contribution in [1.82, 2.24) is 9.97 Å². The summed E-state index contributed by atoms with van der Waals surface area (Å²) in [5, 5.41) is 2.35. The molecule has 1 atom stereocenters. The summed E-state index contributed by atoms with van der Waals surface area (Å²) >= 11 is 0. The van der Waals surface area contributed by atoms with Crippen LogP contribution >= 0.6 is 0 Å². The Morgan fingerprint density at radius 1 is 0.960 bits per heavy atom. The van der Waals surface area contributed by atoms with Gasteiger partial charge in [0.2, 0.25) is 5.90 Å². The molecule has 4 aromatic rings. The molecular formula is C21H17N3O. The number of benzene rings is 2. The highest BCUT2D eigenvalue weighted by Crippen LogP contribution is 2.28. The summed E-state index contributed by atoms with van der Waals surface area (Å²) in [4.78, 5) is 12.8. The van der Waals surface area contributed by atoms with E-state index in [2.05, 4.69) is 52.4 Å². The first kappa shape index (κ1) is 14.2. The second-order valence-electron chi connectivity index (χ2n) is 6.34. The molecule has 0 unspecified atom stereocenters. The third-order valence-electron chi connectivity index (χ3n) is 4.66. The molecule has 2 aromatic carbocycles. The van der Waals surface area contributed by atoms with E-state index in [0.717, 1.165) is 28.5 Å². The molecule has 4 nitrogen and oxygen atoms in total. The van der Waals surface area contributed by atoms with E-state index in [1.165, 1.54) is 10.9 Å². The minimum atomic E-state index is 0.138. The molecule has 0 saturated heterocycles. The first-order valence-electron chi connectivity index (χ1n) is 8.49. The summed E-state index contributed by atoms with van der Waals surface area (Å²) in [6.07, 6.45) is 2.71. The van der Waals surface area contributed by atoms with Gasteiger partial charge in [0, 0.05) is 22.5 Å². The number of fused-ring (bicyclic) bond motifs is 3. The third-order valence-corrected chi connectivity index (χ3v) is 4.66. The maximum Gasteiger partial charge on any atom is 0.237 e. The Bertz CT molecular complexity index is 1080. The lowest BCUT2D eigenvalue weighted by Gasteiger charge is -2.04. The molecule has 4 heteroatoms. The number of ether oxygens (including phenoxy) is 1. The molecule has 0 fully saturated rings. The van der Waals surface area contributed by atoms with Crippen molar-refractivity contribution in [2.45, 2.75) is 12.5 Å². The molecule has 0 bridgehead atoms. The van der Waals surface area contributed by atoms with Crippen LogP contribution in [0.4, 0.5) is 0 Å². The summed E-state index contributed by atoms with van der Waals surface area (Å²) in [5.41, 5.74) is 4.16. The number of para-hydroxylation sites is 1. The fourth-order valence-corrected chi connectivity index (χ4v) is 3.47. The first-order chi connectivity index (χ1) is 12.4. The molecule has 3 heterocycles. The third kappa shape index (κ3) is 2.47. The quantitative estimate of drug-likeness (QED) is 0.616. The van der Waals surface area contributed by atoms with Gasteiger partial charge in [0.05, 0.1) is 11.6 Å². The summed E-state index contributed by atoms with van der Waals surface area (Å²) in [6, 6.07) is 20.9. The van der Waals surface area contributed by atoms with Gasteiger partial charge in [0.25, 0.3) is 0 Å². The second-order valence-corrected chi connectivity index (χ2v) is 6.34. The maximum absolute atomic E-state index is 5.90. The van der Waals surface area contributed by atoms with Gasteiger partial charge >= 0.3 is 0 Å². The standard InChI is InChI=1S/C21H17N3O/c1-2-6-14(7-3-1)12-15-13-25-21(23-15)20-19-17(10-11-22-20)16-8-4-5-9-18(16)24-19/h1-11,15,24H,12-13H2/t15-/m0/s1. The molecular weight excluding hydrogens is 310 g/mol. The van der Waals surface area contributed by atoms with E-state index in [1.807, 2.05) is 24.4 Å². The van der Waals surface area contributed by atoms with E-state index in [1.54, 1.807) is 0 Å². The van der Waals surface area contributed by atoms with Crippen molar-refractivity contribution in [3.8, 4) is 0 Å². The molecule has 0 spiro atoms. The summed E-state index contributed by atoms with van der Waals surface area (Å²) in [6.45, 7) is 0.600. The monoisotopic (exact) mass is 327 g/mol. The topological polar surface area (TPSA) is 50.3 Å². The second kappa shape index (κ2) is 5.74. The Kier molecular flexibility index (Phi) is 3.27. The van der Waals surface area contributed by atoms with Gasteiger partial charge in [-0.3, -0.25) is 0 Å². The van der Waals surface area contributed by atoms with Gasteiger partial charge in [-0.25, -0.2) is 9.98 Å². The average molecular weight is 327 g/mol. The van der Waals surface area contributed by atoms with Crippen LogP contribution in [0.2, 0.25) is 0 Å². The SMILES string of the molecule is c1ccc(C[C@H]2COC(c3nccc4c3[nH]c3ccccc34)=N2)cc1.